The molecule has 2 aliphatic rings. The number of benzene rings is 2. The summed E-state index contributed by atoms with van der Waals surface area (Å²) >= 11 is 0. The Morgan fingerprint density at radius 2 is 1.08 bits per heavy atom. The summed E-state index contributed by atoms with van der Waals surface area (Å²) in [6.07, 6.45) is 10.8. The molecule has 14 heteroatoms. The Bertz CT molecular complexity index is 1910. The number of Topliss-reactive ketones (excluding diaryl/α,β-unsaturated/α-hetero) is 1. The number of likely N-dealkylation sites (tertiary alicyclic amines) is 2. The molecular weight excluding hydrogens is 915 g/mol. The van der Waals surface area contributed by atoms with Crippen LogP contribution < -0.4 is 10.6 Å². The van der Waals surface area contributed by atoms with Gasteiger partial charge in [-0.3, -0.25) is 28.8 Å². The first kappa shape index (κ1) is 59.8. The van der Waals surface area contributed by atoms with E-state index < -0.39 is 22.8 Å². The van der Waals surface area contributed by atoms with Crippen molar-refractivity contribution in [2.75, 3.05) is 46.3 Å². The normalized spacial score (nSPS) is 17.8. The number of likely N-dealkylation sites (N-methyl/N-ethyl adjacent to an activating group) is 1. The van der Waals surface area contributed by atoms with Crippen LogP contribution in [0, 0.1) is 34.3 Å². The van der Waals surface area contributed by atoms with Crippen molar-refractivity contribution >= 4 is 35.3 Å². The molecule has 0 aliphatic carbocycles. The number of unbranched alkanes of at least 4 members (excludes halogenated alkanes) is 5. The van der Waals surface area contributed by atoms with Crippen molar-refractivity contribution in [1.82, 2.24) is 30.2 Å². The molecule has 0 unspecified atom stereocenters. The van der Waals surface area contributed by atoms with E-state index in [0.717, 1.165) is 62.5 Å². The van der Waals surface area contributed by atoms with E-state index in [1.165, 1.54) is 24.3 Å². The summed E-state index contributed by atoms with van der Waals surface area (Å²) < 4.78 is 27.5. The average molecular weight is 1010 g/mol. The van der Waals surface area contributed by atoms with Gasteiger partial charge in [-0.2, -0.15) is 0 Å². The lowest BCUT2D eigenvalue weighted by Gasteiger charge is -2.37. The highest BCUT2D eigenvalue weighted by molar-refractivity contribution is 5.91. The van der Waals surface area contributed by atoms with Crippen molar-refractivity contribution in [2.45, 2.75) is 189 Å². The molecule has 2 saturated heterocycles. The molecule has 2 aliphatic heterocycles. The largest absolute Gasteiger partial charge is 0.344 e. The van der Waals surface area contributed by atoms with Gasteiger partial charge in [0.2, 0.25) is 29.5 Å². The lowest BCUT2D eigenvalue weighted by molar-refractivity contribution is -0.144. The van der Waals surface area contributed by atoms with E-state index in [1.807, 2.05) is 81.9 Å². The van der Waals surface area contributed by atoms with Gasteiger partial charge in [0, 0.05) is 82.5 Å². The predicted molar refractivity (Wildman–Crippen MR) is 282 cm³/mol. The fourth-order valence-corrected chi connectivity index (χ4v) is 9.97. The molecule has 2 fully saturated rings. The number of ketones is 1. The van der Waals surface area contributed by atoms with Crippen LogP contribution in [0.25, 0.3) is 0 Å². The maximum absolute atomic E-state index is 14.3. The summed E-state index contributed by atoms with van der Waals surface area (Å²) in [6.45, 7) is 20.4. The Kier molecular flexibility index (Phi) is 23.8. The lowest BCUT2D eigenvalue weighted by atomic mass is 9.76. The molecule has 5 amide bonds. The maximum Gasteiger partial charge on any atom is 0.246 e. The Morgan fingerprint density at radius 3 is 1.49 bits per heavy atom. The fraction of sp³-hybridized carbons (Fsp3) is 0.690. The first-order chi connectivity index (χ1) is 34.0. The first-order valence-electron chi connectivity index (χ1n) is 27.2. The molecule has 2 N–H and O–H groups in total. The molecule has 12 nitrogen and oxygen atoms in total. The van der Waals surface area contributed by atoms with E-state index >= 15 is 0 Å². The molecule has 2 aromatic carbocycles. The molecule has 402 valence electrons. The molecule has 0 bridgehead atoms. The second-order valence-electron chi connectivity index (χ2n) is 22.9. The summed E-state index contributed by atoms with van der Waals surface area (Å²) in [5.74, 6) is -1.57. The van der Waals surface area contributed by atoms with E-state index in [-0.39, 0.29) is 77.4 Å². The zero-order valence-electron chi connectivity index (χ0n) is 45.6. The van der Waals surface area contributed by atoms with E-state index in [2.05, 4.69) is 10.6 Å². The highest BCUT2D eigenvalue weighted by Gasteiger charge is 2.42. The molecule has 6 atom stereocenters. The summed E-state index contributed by atoms with van der Waals surface area (Å²) in [4.78, 5) is 90.1. The molecule has 2 heterocycles. The van der Waals surface area contributed by atoms with Gasteiger partial charge in [-0.1, -0.05) is 105 Å². The molecule has 72 heavy (non-hydrogen) atoms. The lowest BCUT2D eigenvalue weighted by Crippen LogP contribution is -2.57. The summed E-state index contributed by atoms with van der Waals surface area (Å²) in [5.41, 5.74) is 0.908. The maximum atomic E-state index is 14.3. The van der Waals surface area contributed by atoms with Gasteiger partial charge in [0.25, 0.3) is 0 Å². The van der Waals surface area contributed by atoms with Gasteiger partial charge < -0.3 is 30.2 Å². The number of carbonyl (C=O) groups is 6. The van der Waals surface area contributed by atoms with E-state index in [0.29, 0.717) is 84.2 Å². The van der Waals surface area contributed by atoms with Crippen LogP contribution in [-0.2, 0) is 41.6 Å². The zero-order chi connectivity index (χ0) is 53.2. The highest BCUT2D eigenvalue weighted by Crippen LogP contribution is 2.34. The van der Waals surface area contributed by atoms with Crippen molar-refractivity contribution in [3.05, 3.63) is 71.3 Å². The summed E-state index contributed by atoms with van der Waals surface area (Å²) in [7, 11) is 1.74. The summed E-state index contributed by atoms with van der Waals surface area (Å²) in [6, 6.07) is 11.3. The SMILES string of the molecule is CC[C@@H](C)C(=O)N[C@H](C(=O)N1CCC[C@H]1CN(CCc1ccc(F)cc1)C(=O)CCCCCCCCC(=O)N(CCc1ccc(F)cc1)C[C@@H]1CCCN1C(=O)[C@@H](CC(=O)[C@H](C)NC)C(C)(C)C)C(C)(C)C. The highest BCUT2D eigenvalue weighted by atomic mass is 19.1. The van der Waals surface area contributed by atoms with Crippen LogP contribution in [-0.4, -0.2) is 125 Å². The number of nitrogens with zero attached hydrogens (tertiary/aromatic N) is 4. The van der Waals surface area contributed by atoms with E-state index in [1.54, 1.807) is 31.3 Å². The smallest absolute Gasteiger partial charge is 0.246 e. The minimum atomic E-state index is -0.697. The molecule has 0 radical (unpaired) electrons. The van der Waals surface area contributed by atoms with Crippen molar-refractivity contribution in [3.8, 4) is 0 Å². The fourth-order valence-electron chi connectivity index (χ4n) is 9.97. The topological polar surface area (TPSA) is 139 Å². The third-order valence-electron chi connectivity index (χ3n) is 15.2. The van der Waals surface area contributed by atoms with Gasteiger partial charge in [0.15, 0.2) is 0 Å². The second-order valence-corrected chi connectivity index (χ2v) is 22.9. The molecule has 0 spiro atoms. The number of halogens is 2. The zero-order valence-corrected chi connectivity index (χ0v) is 45.6. The number of carbonyl (C=O) groups excluding carboxylic acids is 6. The number of nitrogens with one attached hydrogen (secondary N) is 2. The first-order valence-corrected chi connectivity index (χ1v) is 27.2. The van der Waals surface area contributed by atoms with Crippen LogP contribution in [0.3, 0.4) is 0 Å². The average Bonchev–Trinajstić information content (AvgIpc) is 4.02. The molecular formula is C58H90F2N6O6. The second kappa shape index (κ2) is 28.7. The number of hydrogen-bond acceptors (Lipinski definition) is 7. The van der Waals surface area contributed by atoms with Crippen LogP contribution in [0.1, 0.15) is 163 Å². The standard InChI is InChI=1S/C58H90F2N6O6/c1-11-41(2)54(70)62-53(58(7,8)9)56(72)66-35-19-21-48(66)40-64(37-33-44-26-30-46(60)31-27-44)52(69)23-17-15-13-12-14-16-22-51(68)63(36-32-43-24-28-45(59)29-25-43)39-47-20-18-34-65(47)55(71)49(57(4,5)6)38-50(67)42(3)61-10/h24-31,41-42,47-49,53,61H,11-23,32-40H2,1-10H3,(H,62,70)/t41-,42+,47+,48+,49-,53-/m1/s1. The number of amides is 5. The van der Waals surface area contributed by atoms with Crippen molar-refractivity contribution < 1.29 is 37.5 Å². The third-order valence-corrected chi connectivity index (χ3v) is 15.2. The van der Waals surface area contributed by atoms with Gasteiger partial charge in [-0.15, -0.1) is 0 Å². The predicted octanol–water partition coefficient (Wildman–Crippen LogP) is 9.32. The van der Waals surface area contributed by atoms with Crippen LogP contribution in [0.15, 0.2) is 48.5 Å². The minimum absolute atomic E-state index is 0.00132. The van der Waals surface area contributed by atoms with Gasteiger partial charge in [0.05, 0.1) is 6.04 Å². The van der Waals surface area contributed by atoms with Gasteiger partial charge in [0.1, 0.15) is 23.5 Å². The van der Waals surface area contributed by atoms with Crippen LogP contribution in [0.4, 0.5) is 8.78 Å². The van der Waals surface area contributed by atoms with E-state index in [9.17, 15) is 37.5 Å². The number of rotatable bonds is 28. The quantitative estimate of drug-likeness (QED) is 0.0811. The van der Waals surface area contributed by atoms with Crippen LogP contribution in [0.5, 0.6) is 0 Å². The Hall–Kier alpha value is -4.72. The van der Waals surface area contributed by atoms with Crippen molar-refractivity contribution in [2.24, 2.45) is 22.7 Å². The van der Waals surface area contributed by atoms with Gasteiger partial charge in [-0.05, 0) is 118 Å². The molecule has 0 saturated carbocycles. The Labute approximate surface area is 431 Å². The number of hydrogen-bond donors (Lipinski definition) is 2. The third kappa shape index (κ3) is 18.6. The monoisotopic (exact) mass is 1000 g/mol. The Balaban J connectivity index is 1.33. The van der Waals surface area contributed by atoms with Crippen LogP contribution >= 0.6 is 0 Å². The van der Waals surface area contributed by atoms with Crippen molar-refractivity contribution in [3.63, 3.8) is 0 Å². The van der Waals surface area contributed by atoms with Crippen LogP contribution in [0.2, 0.25) is 0 Å². The van der Waals surface area contributed by atoms with Gasteiger partial charge in [-0.25, -0.2) is 8.78 Å². The minimum Gasteiger partial charge on any atom is -0.344 e. The van der Waals surface area contributed by atoms with Crippen molar-refractivity contribution in [1.29, 1.82) is 0 Å². The molecule has 2 aromatic rings. The molecule has 4 rings (SSSR count). The summed E-state index contributed by atoms with van der Waals surface area (Å²) in [5, 5.41) is 6.05. The van der Waals surface area contributed by atoms with E-state index in [4.69, 9.17) is 0 Å². The Morgan fingerprint density at radius 1 is 0.653 bits per heavy atom. The van der Waals surface area contributed by atoms with Gasteiger partial charge >= 0.3 is 0 Å². The molecule has 0 aromatic heterocycles.